The second kappa shape index (κ2) is 2.82. The first kappa shape index (κ1) is 6.55. The van der Waals surface area contributed by atoms with Crippen molar-refractivity contribution >= 4 is 5.97 Å². The highest BCUT2D eigenvalue weighted by atomic mass is 16.5. The van der Waals surface area contributed by atoms with Crippen molar-refractivity contribution in [3.63, 3.8) is 0 Å². The molecular weight excluding hydrogens is 120 g/mol. The Morgan fingerprint density at radius 1 is 1.78 bits per heavy atom. The molecule has 9 heavy (non-hydrogen) atoms. The molecule has 0 aromatic heterocycles. The van der Waals surface area contributed by atoms with E-state index in [2.05, 4.69) is 4.74 Å². The highest BCUT2D eigenvalue weighted by molar-refractivity contribution is 5.69. The first-order chi connectivity index (χ1) is 4.33. The van der Waals surface area contributed by atoms with Crippen LogP contribution in [0.2, 0.25) is 0 Å². The summed E-state index contributed by atoms with van der Waals surface area (Å²) in [5, 5.41) is 8.59. The first-order valence-corrected chi connectivity index (χ1v) is 3.09. The number of aliphatic hydroxyl groups excluding tert-OH is 1. The van der Waals surface area contributed by atoms with Gasteiger partial charge in [-0.3, -0.25) is 4.79 Å². The van der Waals surface area contributed by atoms with Gasteiger partial charge in [-0.1, -0.05) is 0 Å². The van der Waals surface area contributed by atoms with Crippen LogP contribution in [0.5, 0.6) is 0 Å². The molecule has 3 nitrogen and oxygen atoms in total. The quantitative estimate of drug-likeness (QED) is 0.505. The lowest BCUT2D eigenvalue weighted by Crippen LogP contribution is -2.23. The van der Waals surface area contributed by atoms with Gasteiger partial charge in [0.05, 0.1) is 6.61 Å². The van der Waals surface area contributed by atoms with Crippen molar-refractivity contribution in [1.82, 2.24) is 0 Å². The van der Waals surface area contributed by atoms with Crippen molar-refractivity contribution in [3.05, 3.63) is 0 Å². The first-order valence-electron chi connectivity index (χ1n) is 3.09. The molecule has 1 saturated heterocycles. The van der Waals surface area contributed by atoms with E-state index >= 15 is 0 Å². The lowest BCUT2D eigenvalue weighted by Gasteiger charge is -2.18. The van der Waals surface area contributed by atoms with Gasteiger partial charge in [-0.25, -0.2) is 0 Å². The van der Waals surface area contributed by atoms with Crippen molar-refractivity contribution in [2.75, 3.05) is 13.2 Å². The maximum atomic E-state index is 10.4. The van der Waals surface area contributed by atoms with Crippen LogP contribution >= 0.6 is 0 Å². The monoisotopic (exact) mass is 130 g/mol. The minimum atomic E-state index is -0.139. The van der Waals surface area contributed by atoms with Crippen LogP contribution in [0.25, 0.3) is 0 Å². The lowest BCUT2D eigenvalue weighted by atomic mass is 10.0. The molecular formula is C6H10O3. The fourth-order valence-electron chi connectivity index (χ4n) is 0.832. The summed E-state index contributed by atoms with van der Waals surface area (Å²) in [4.78, 5) is 10.4. The lowest BCUT2D eigenvalue weighted by molar-refractivity contribution is -0.150. The molecule has 0 radical (unpaired) electrons. The van der Waals surface area contributed by atoms with Crippen LogP contribution in [0, 0.1) is 5.92 Å². The number of carbonyl (C=O) groups is 1. The summed E-state index contributed by atoms with van der Waals surface area (Å²) in [6.07, 6.45) is 1.24. The maximum absolute atomic E-state index is 10.4. The van der Waals surface area contributed by atoms with E-state index in [1.165, 1.54) is 0 Å². The molecule has 1 fully saturated rings. The van der Waals surface area contributed by atoms with E-state index in [0.717, 1.165) is 6.42 Å². The van der Waals surface area contributed by atoms with Crippen molar-refractivity contribution in [2.45, 2.75) is 12.8 Å². The minimum absolute atomic E-state index is 0.132. The van der Waals surface area contributed by atoms with E-state index in [4.69, 9.17) is 5.11 Å². The van der Waals surface area contributed by atoms with Gasteiger partial charge in [0.2, 0.25) is 0 Å². The molecule has 1 aliphatic heterocycles. The van der Waals surface area contributed by atoms with Crippen LogP contribution in [0.4, 0.5) is 0 Å². The van der Waals surface area contributed by atoms with E-state index < -0.39 is 0 Å². The molecule has 0 saturated carbocycles. The van der Waals surface area contributed by atoms with Crippen LogP contribution < -0.4 is 0 Å². The van der Waals surface area contributed by atoms with Crippen LogP contribution in [-0.2, 0) is 9.53 Å². The van der Waals surface area contributed by atoms with Crippen molar-refractivity contribution in [1.29, 1.82) is 0 Å². The van der Waals surface area contributed by atoms with Gasteiger partial charge >= 0.3 is 5.97 Å². The molecule has 1 heterocycles. The summed E-state index contributed by atoms with van der Waals surface area (Å²) < 4.78 is 4.68. The van der Waals surface area contributed by atoms with Gasteiger partial charge in [-0.05, 0) is 6.42 Å². The Morgan fingerprint density at radius 3 is 3.00 bits per heavy atom. The van der Waals surface area contributed by atoms with Gasteiger partial charge < -0.3 is 9.84 Å². The highest BCUT2D eigenvalue weighted by Crippen LogP contribution is 2.12. The predicted octanol–water partition coefficient (Wildman–Crippen LogP) is -0.0681. The standard InChI is InChI=1S/C6H10O3/c7-3-5-1-2-6(8)9-4-5/h5,7H,1-4H2. The molecule has 0 amide bonds. The fourth-order valence-corrected chi connectivity index (χ4v) is 0.832. The number of cyclic esters (lactones) is 1. The summed E-state index contributed by atoms with van der Waals surface area (Å²) in [6, 6.07) is 0. The molecule has 0 spiro atoms. The van der Waals surface area contributed by atoms with Crippen LogP contribution in [0.15, 0.2) is 0 Å². The molecule has 1 atom stereocenters. The Bertz CT molecular complexity index is 101. The third-order valence-corrected chi connectivity index (χ3v) is 1.49. The van der Waals surface area contributed by atoms with E-state index in [1.807, 2.05) is 0 Å². The second-order valence-electron chi connectivity index (χ2n) is 2.27. The summed E-state index contributed by atoms with van der Waals surface area (Å²) in [6.45, 7) is 0.530. The number of hydrogen-bond donors (Lipinski definition) is 1. The highest BCUT2D eigenvalue weighted by Gasteiger charge is 2.18. The Balaban J connectivity index is 2.26. The Morgan fingerprint density at radius 2 is 2.56 bits per heavy atom. The molecule has 52 valence electrons. The average molecular weight is 130 g/mol. The number of carbonyl (C=O) groups excluding carboxylic acids is 1. The SMILES string of the molecule is O=C1CCC(CO)CO1. The van der Waals surface area contributed by atoms with Gasteiger partial charge in [0.15, 0.2) is 0 Å². The molecule has 3 heteroatoms. The summed E-state index contributed by atoms with van der Waals surface area (Å²) in [5.41, 5.74) is 0. The van der Waals surface area contributed by atoms with E-state index in [-0.39, 0.29) is 18.5 Å². The van der Waals surface area contributed by atoms with Gasteiger partial charge in [0.25, 0.3) is 0 Å². The van der Waals surface area contributed by atoms with Crippen LogP contribution in [0.3, 0.4) is 0 Å². The summed E-state index contributed by atoms with van der Waals surface area (Å²) in [5.74, 6) is 0.0439. The number of rotatable bonds is 1. The number of ether oxygens (including phenoxy) is 1. The molecule has 1 rings (SSSR count). The van der Waals surface area contributed by atoms with Gasteiger partial charge in [-0.2, -0.15) is 0 Å². The molecule has 0 aliphatic carbocycles. The predicted molar refractivity (Wildman–Crippen MR) is 30.8 cm³/mol. The Labute approximate surface area is 53.6 Å². The molecule has 0 bridgehead atoms. The maximum Gasteiger partial charge on any atom is 0.305 e. The van der Waals surface area contributed by atoms with Crippen molar-refractivity contribution in [3.8, 4) is 0 Å². The summed E-state index contributed by atoms with van der Waals surface area (Å²) >= 11 is 0. The van der Waals surface area contributed by atoms with E-state index in [1.54, 1.807) is 0 Å². The van der Waals surface area contributed by atoms with Gasteiger partial charge in [0.1, 0.15) is 0 Å². The summed E-state index contributed by atoms with van der Waals surface area (Å²) in [7, 11) is 0. The zero-order valence-corrected chi connectivity index (χ0v) is 5.17. The molecule has 1 unspecified atom stereocenters. The van der Waals surface area contributed by atoms with Crippen LogP contribution in [0.1, 0.15) is 12.8 Å². The van der Waals surface area contributed by atoms with Crippen molar-refractivity contribution < 1.29 is 14.6 Å². The Kier molecular flexibility index (Phi) is 2.05. The third-order valence-electron chi connectivity index (χ3n) is 1.49. The molecule has 1 aliphatic rings. The smallest absolute Gasteiger partial charge is 0.305 e. The number of hydrogen-bond acceptors (Lipinski definition) is 3. The molecule has 0 aromatic rings. The van der Waals surface area contributed by atoms with Gasteiger partial charge in [-0.15, -0.1) is 0 Å². The van der Waals surface area contributed by atoms with E-state index in [9.17, 15) is 4.79 Å². The zero-order chi connectivity index (χ0) is 6.69. The fraction of sp³-hybridized carbons (Fsp3) is 0.833. The zero-order valence-electron chi connectivity index (χ0n) is 5.17. The topological polar surface area (TPSA) is 46.5 Å². The van der Waals surface area contributed by atoms with Crippen molar-refractivity contribution in [2.24, 2.45) is 5.92 Å². The second-order valence-corrected chi connectivity index (χ2v) is 2.27. The van der Waals surface area contributed by atoms with E-state index in [0.29, 0.717) is 13.0 Å². The van der Waals surface area contributed by atoms with Gasteiger partial charge in [0, 0.05) is 18.9 Å². The third kappa shape index (κ3) is 1.68. The largest absolute Gasteiger partial charge is 0.465 e. The Hall–Kier alpha value is -0.570. The molecule has 1 N–H and O–H groups in total. The average Bonchev–Trinajstić information content (AvgIpc) is 1.90. The normalized spacial score (nSPS) is 27.7. The minimum Gasteiger partial charge on any atom is -0.465 e. The molecule has 0 aromatic carbocycles. The van der Waals surface area contributed by atoms with Crippen LogP contribution in [-0.4, -0.2) is 24.3 Å². The number of aliphatic hydroxyl groups is 1. The number of esters is 1.